The lowest BCUT2D eigenvalue weighted by atomic mass is 10.1. The Hall–Kier alpha value is -1.75. The lowest BCUT2D eigenvalue weighted by Gasteiger charge is -2.24. The predicted octanol–water partition coefficient (Wildman–Crippen LogP) is 0.860. The third kappa shape index (κ3) is 2.73. The van der Waals surface area contributed by atoms with Crippen LogP contribution in [0.3, 0.4) is 0 Å². The minimum absolute atomic E-state index is 0.287. The zero-order valence-electron chi connectivity index (χ0n) is 10.4. The minimum Gasteiger partial charge on any atom is -0.493 e. The maximum absolute atomic E-state index is 10.7. The molecule has 0 radical (unpaired) electrons. The van der Waals surface area contributed by atoms with Crippen molar-refractivity contribution in [3.05, 3.63) is 23.8 Å². The summed E-state index contributed by atoms with van der Waals surface area (Å²) in [5.74, 6) is -0.0518. The number of carboxylic acids is 1. The zero-order valence-corrected chi connectivity index (χ0v) is 10.4. The van der Waals surface area contributed by atoms with E-state index in [9.17, 15) is 4.79 Å². The number of aliphatic carboxylic acids is 1. The standard InChI is InChI=1S/C13H18N2O3/c1-15(8-11(14)13(16)17)10-4-5-12-9(7-10)3-2-6-18-12/h4-5,7,11H,2-3,6,8,14H2,1H3,(H,16,17). The highest BCUT2D eigenvalue weighted by Gasteiger charge is 2.16. The van der Waals surface area contributed by atoms with Crippen LogP contribution in [0.5, 0.6) is 5.75 Å². The molecule has 1 aromatic carbocycles. The van der Waals surface area contributed by atoms with Gasteiger partial charge in [-0.25, -0.2) is 0 Å². The summed E-state index contributed by atoms with van der Waals surface area (Å²) in [5, 5.41) is 8.80. The third-order valence-corrected chi connectivity index (χ3v) is 3.12. The van der Waals surface area contributed by atoms with Gasteiger partial charge in [0.05, 0.1) is 6.61 Å². The summed E-state index contributed by atoms with van der Waals surface area (Å²) < 4.78 is 5.54. The number of carboxylic acid groups (broad SMARTS) is 1. The van der Waals surface area contributed by atoms with Crippen LogP contribution in [0.2, 0.25) is 0 Å². The second-order valence-electron chi connectivity index (χ2n) is 4.57. The lowest BCUT2D eigenvalue weighted by Crippen LogP contribution is -2.41. The normalized spacial score (nSPS) is 15.4. The molecule has 5 nitrogen and oxygen atoms in total. The molecule has 3 N–H and O–H groups in total. The average molecular weight is 250 g/mol. The van der Waals surface area contributed by atoms with Gasteiger partial charge in [0.2, 0.25) is 0 Å². The Morgan fingerprint density at radius 2 is 2.39 bits per heavy atom. The fourth-order valence-corrected chi connectivity index (χ4v) is 2.06. The van der Waals surface area contributed by atoms with E-state index < -0.39 is 12.0 Å². The Morgan fingerprint density at radius 1 is 1.61 bits per heavy atom. The van der Waals surface area contributed by atoms with Gasteiger partial charge in [-0.2, -0.15) is 0 Å². The maximum atomic E-state index is 10.7. The number of rotatable bonds is 4. The molecule has 0 saturated heterocycles. The van der Waals surface area contributed by atoms with Crippen LogP contribution in [-0.2, 0) is 11.2 Å². The molecule has 0 fully saturated rings. The highest BCUT2D eigenvalue weighted by molar-refractivity contribution is 5.74. The van der Waals surface area contributed by atoms with E-state index in [-0.39, 0.29) is 6.54 Å². The van der Waals surface area contributed by atoms with Crippen LogP contribution in [0.1, 0.15) is 12.0 Å². The topological polar surface area (TPSA) is 75.8 Å². The van der Waals surface area contributed by atoms with Crippen LogP contribution in [0, 0.1) is 0 Å². The van der Waals surface area contributed by atoms with E-state index in [0.29, 0.717) is 0 Å². The van der Waals surface area contributed by atoms with Crippen molar-refractivity contribution in [2.45, 2.75) is 18.9 Å². The van der Waals surface area contributed by atoms with Crippen molar-refractivity contribution in [3.63, 3.8) is 0 Å². The fourth-order valence-electron chi connectivity index (χ4n) is 2.06. The average Bonchev–Trinajstić information content (AvgIpc) is 2.37. The highest BCUT2D eigenvalue weighted by Crippen LogP contribution is 2.28. The molecular weight excluding hydrogens is 232 g/mol. The summed E-state index contributed by atoms with van der Waals surface area (Å²) in [4.78, 5) is 12.6. The molecule has 1 aliphatic rings. The van der Waals surface area contributed by atoms with Crippen LogP contribution >= 0.6 is 0 Å². The van der Waals surface area contributed by atoms with Crippen LogP contribution in [-0.4, -0.2) is 37.3 Å². The van der Waals surface area contributed by atoms with Crippen molar-refractivity contribution in [2.24, 2.45) is 5.73 Å². The molecule has 1 unspecified atom stereocenters. The van der Waals surface area contributed by atoms with Crippen LogP contribution in [0.4, 0.5) is 5.69 Å². The molecule has 0 aliphatic carbocycles. The van der Waals surface area contributed by atoms with Crippen LogP contribution < -0.4 is 15.4 Å². The molecule has 1 heterocycles. The molecule has 0 spiro atoms. The lowest BCUT2D eigenvalue weighted by molar-refractivity contribution is -0.138. The first-order valence-corrected chi connectivity index (χ1v) is 6.03. The molecule has 0 saturated carbocycles. The fraction of sp³-hybridized carbons (Fsp3) is 0.462. The smallest absolute Gasteiger partial charge is 0.322 e. The Kier molecular flexibility index (Phi) is 3.72. The number of nitrogens with two attached hydrogens (primary N) is 1. The highest BCUT2D eigenvalue weighted by atomic mass is 16.5. The number of fused-ring (bicyclic) bond motifs is 1. The van der Waals surface area contributed by atoms with Gasteiger partial charge in [-0.15, -0.1) is 0 Å². The van der Waals surface area contributed by atoms with Crippen molar-refractivity contribution >= 4 is 11.7 Å². The summed E-state index contributed by atoms with van der Waals surface area (Å²) in [7, 11) is 1.84. The second kappa shape index (κ2) is 5.27. The number of hydrogen-bond acceptors (Lipinski definition) is 4. The largest absolute Gasteiger partial charge is 0.493 e. The van der Waals surface area contributed by atoms with Gasteiger partial charge >= 0.3 is 5.97 Å². The van der Waals surface area contributed by atoms with Gasteiger partial charge in [0, 0.05) is 19.3 Å². The number of anilines is 1. The molecule has 0 bridgehead atoms. The first-order valence-electron chi connectivity index (χ1n) is 6.03. The van der Waals surface area contributed by atoms with Gasteiger partial charge in [-0.3, -0.25) is 4.79 Å². The van der Waals surface area contributed by atoms with E-state index in [2.05, 4.69) is 0 Å². The molecule has 1 aromatic rings. The number of carbonyl (C=O) groups is 1. The zero-order chi connectivity index (χ0) is 13.1. The molecule has 2 rings (SSSR count). The molecule has 18 heavy (non-hydrogen) atoms. The van der Waals surface area contributed by atoms with E-state index in [1.54, 1.807) is 0 Å². The van der Waals surface area contributed by atoms with Crippen molar-refractivity contribution in [2.75, 3.05) is 25.1 Å². The van der Waals surface area contributed by atoms with Gasteiger partial charge in [0.1, 0.15) is 11.8 Å². The molecule has 1 atom stereocenters. The number of ether oxygens (including phenoxy) is 1. The van der Waals surface area contributed by atoms with Crippen molar-refractivity contribution in [1.82, 2.24) is 0 Å². The van der Waals surface area contributed by atoms with Crippen LogP contribution in [0.15, 0.2) is 18.2 Å². The number of benzene rings is 1. The SMILES string of the molecule is CN(CC(N)C(=O)O)c1ccc2c(c1)CCCO2. The van der Waals surface area contributed by atoms with Crippen molar-refractivity contribution in [1.29, 1.82) is 0 Å². The van der Waals surface area contributed by atoms with Gasteiger partial charge in [0.15, 0.2) is 0 Å². The van der Waals surface area contributed by atoms with E-state index in [1.807, 2.05) is 30.1 Å². The Bertz CT molecular complexity index is 448. The Balaban J connectivity index is 2.11. The summed E-state index contributed by atoms with van der Waals surface area (Å²) in [6.45, 7) is 1.06. The van der Waals surface area contributed by atoms with E-state index >= 15 is 0 Å². The van der Waals surface area contributed by atoms with Crippen molar-refractivity contribution in [3.8, 4) is 5.75 Å². The Labute approximate surface area is 106 Å². The third-order valence-electron chi connectivity index (χ3n) is 3.12. The van der Waals surface area contributed by atoms with Gasteiger partial charge in [-0.1, -0.05) is 0 Å². The van der Waals surface area contributed by atoms with Crippen LogP contribution in [0.25, 0.3) is 0 Å². The van der Waals surface area contributed by atoms with Crippen molar-refractivity contribution < 1.29 is 14.6 Å². The number of aryl methyl sites for hydroxylation is 1. The molecule has 1 aliphatic heterocycles. The summed E-state index contributed by atoms with van der Waals surface area (Å²) >= 11 is 0. The number of hydrogen-bond donors (Lipinski definition) is 2. The number of likely N-dealkylation sites (N-methyl/N-ethyl adjacent to an activating group) is 1. The molecule has 5 heteroatoms. The molecule has 98 valence electrons. The minimum atomic E-state index is -0.983. The van der Waals surface area contributed by atoms with E-state index in [0.717, 1.165) is 30.9 Å². The van der Waals surface area contributed by atoms with Gasteiger partial charge in [0.25, 0.3) is 0 Å². The monoisotopic (exact) mass is 250 g/mol. The second-order valence-corrected chi connectivity index (χ2v) is 4.57. The first-order chi connectivity index (χ1) is 8.58. The first kappa shape index (κ1) is 12.7. The predicted molar refractivity (Wildman–Crippen MR) is 69.1 cm³/mol. The molecule has 0 amide bonds. The molecule has 0 aromatic heterocycles. The van der Waals surface area contributed by atoms with E-state index in [1.165, 1.54) is 5.56 Å². The maximum Gasteiger partial charge on any atom is 0.322 e. The molecular formula is C13H18N2O3. The van der Waals surface area contributed by atoms with Gasteiger partial charge in [-0.05, 0) is 36.6 Å². The number of nitrogens with zero attached hydrogens (tertiary/aromatic N) is 1. The van der Waals surface area contributed by atoms with E-state index in [4.69, 9.17) is 15.6 Å². The van der Waals surface area contributed by atoms with Gasteiger partial charge < -0.3 is 20.5 Å². The summed E-state index contributed by atoms with van der Waals surface area (Å²) in [5.41, 5.74) is 7.67. The summed E-state index contributed by atoms with van der Waals surface area (Å²) in [6, 6.07) is 5.04. The quantitative estimate of drug-likeness (QED) is 0.829. The Morgan fingerprint density at radius 3 is 3.11 bits per heavy atom. The summed E-state index contributed by atoms with van der Waals surface area (Å²) in [6.07, 6.45) is 2.02.